The van der Waals surface area contributed by atoms with Crippen molar-refractivity contribution in [3.63, 3.8) is 0 Å². The molecule has 0 saturated heterocycles. The smallest absolute Gasteiger partial charge is 0.333 e. The van der Waals surface area contributed by atoms with Gasteiger partial charge in [-0.2, -0.15) is 0 Å². The van der Waals surface area contributed by atoms with E-state index in [1.165, 1.54) is 13.2 Å². The molecule has 0 aromatic heterocycles. The highest BCUT2D eigenvalue weighted by atomic mass is 16.6. The lowest BCUT2D eigenvalue weighted by Gasteiger charge is -2.18. The Hall–Kier alpha value is -1.82. The number of ether oxygens (including phenoxy) is 1. The average Bonchev–Trinajstić information content (AvgIpc) is 2.28. The zero-order valence-electron chi connectivity index (χ0n) is 9.21. The van der Waals surface area contributed by atoms with E-state index in [1.807, 2.05) is 0 Å². The van der Waals surface area contributed by atoms with Crippen molar-refractivity contribution >= 4 is 11.4 Å². The fraction of sp³-hybridized carbons (Fsp3) is 0.400. The highest BCUT2D eigenvalue weighted by molar-refractivity contribution is 5.69. The minimum Gasteiger partial charge on any atom is -0.490 e. The second kappa shape index (κ2) is 5.32. The van der Waals surface area contributed by atoms with Crippen LogP contribution in [0.15, 0.2) is 18.2 Å². The van der Waals surface area contributed by atoms with E-state index in [0.717, 1.165) is 0 Å². The Labute approximate surface area is 93.2 Å². The molecule has 6 heteroatoms. The Morgan fingerprint density at radius 2 is 2.25 bits per heavy atom. The van der Waals surface area contributed by atoms with Crippen LogP contribution in [0.2, 0.25) is 0 Å². The van der Waals surface area contributed by atoms with Crippen molar-refractivity contribution in [2.45, 2.75) is 0 Å². The summed E-state index contributed by atoms with van der Waals surface area (Å²) in [5.74, 6) is 0.215. The number of nitro benzene ring substituents is 1. The number of anilines is 1. The fourth-order valence-electron chi connectivity index (χ4n) is 1.44. The summed E-state index contributed by atoms with van der Waals surface area (Å²) in [5.41, 5.74) is 0.347. The summed E-state index contributed by atoms with van der Waals surface area (Å²) in [6.07, 6.45) is 0. The highest BCUT2D eigenvalue weighted by Gasteiger charge is 2.22. The molecule has 0 aliphatic heterocycles. The van der Waals surface area contributed by atoms with Gasteiger partial charge in [-0.15, -0.1) is 0 Å². The first-order chi connectivity index (χ1) is 7.61. The number of aliphatic hydroxyl groups is 1. The first kappa shape index (κ1) is 12.3. The molecule has 0 heterocycles. The molecule has 1 aromatic rings. The molecule has 1 rings (SSSR count). The van der Waals surface area contributed by atoms with Gasteiger partial charge < -0.3 is 14.7 Å². The molecular weight excluding hydrogens is 212 g/mol. The van der Waals surface area contributed by atoms with Gasteiger partial charge in [0, 0.05) is 13.6 Å². The van der Waals surface area contributed by atoms with E-state index in [2.05, 4.69) is 0 Å². The number of hydrogen-bond donors (Lipinski definition) is 1. The van der Waals surface area contributed by atoms with E-state index in [1.54, 1.807) is 24.1 Å². The molecule has 0 spiro atoms. The lowest BCUT2D eigenvalue weighted by Crippen LogP contribution is -2.22. The van der Waals surface area contributed by atoms with Gasteiger partial charge in [-0.1, -0.05) is 6.07 Å². The van der Waals surface area contributed by atoms with Crippen molar-refractivity contribution in [2.24, 2.45) is 0 Å². The molecule has 16 heavy (non-hydrogen) atoms. The number of para-hydroxylation sites is 1. The van der Waals surface area contributed by atoms with Crippen LogP contribution in [-0.4, -0.2) is 37.3 Å². The summed E-state index contributed by atoms with van der Waals surface area (Å²) >= 11 is 0. The van der Waals surface area contributed by atoms with Crippen LogP contribution in [-0.2, 0) is 0 Å². The number of nitro groups is 1. The molecule has 0 saturated carbocycles. The van der Waals surface area contributed by atoms with Gasteiger partial charge in [-0.25, -0.2) is 0 Å². The Morgan fingerprint density at radius 1 is 1.56 bits per heavy atom. The highest BCUT2D eigenvalue weighted by Crippen LogP contribution is 2.36. The summed E-state index contributed by atoms with van der Waals surface area (Å²) in [6.45, 7) is 0.263. The third-order valence-corrected chi connectivity index (χ3v) is 2.23. The van der Waals surface area contributed by atoms with Crippen LogP contribution in [0, 0.1) is 10.1 Å². The molecule has 6 nitrogen and oxygen atoms in total. The summed E-state index contributed by atoms with van der Waals surface area (Å²) < 4.78 is 4.94. The molecule has 0 atom stereocenters. The molecular formula is C10H14N2O4. The van der Waals surface area contributed by atoms with E-state index >= 15 is 0 Å². The van der Waals surface area contributed by atoms with Crippen LogP contribution < -0.4 is 9.64 Å². The minimum absolute atomic E-state index is 0.0646. The van der Waals surface area contributed by atoms with E-state index < -0.39 is 4.92 Å². The van der Waals surface area contributed by atoms with Crippen LogP contribution in [0.1, 0.15) is 0 Å². The Morgan fingerprint density at radius 3 is 2.75 bits per heavy atom. The van der Waals surface area contributed by atoms with Gasteiger partial charge in [0.25, 0.3) is 0 Å². The number of benzene rings is 1. The van der Waals surface area contributed by atoms with Crippen molar-refractivity contribution in [2.75, 3.05) is 32.2 Å². The third-order valence-electron chi connectivity index (χ3n) is 2.23. The maximum Gasteiger partial charge on any atom is 0.333 e. The maximum absolute atomic E-state index is 10.9. The quantitative estimate of drug-likeness (QED) is 0.599. The molecule has 0 fully saturated rings. The van der Waals surface area contributed by atoms with Crippen molar-refractivity contribution < 1.29 is 14.8 Å². The van der Waals surface area contributed by atoms with Crippen LogP contribution in [0.4, 0.5) is 11.4 Å². The SMILES string of the molecule is COc1cccc(N(C)CCO)c1[N+](=O)[O-]. The predicted octanol–water partition coefficient (Wildman–Crippen LogP) is 1.03. The van der Waals surface area contributed by atoms with Crippen molar-refractivity contribution in [1.29, 1.82) is 0 Å². The van der Waals surface area contributed by atoms with E-state index in [4.69, 9.17) is 9.84 Å². The van der Waals surface area contributed by atoms with Crippen molar-refractivity contribution in [1.82, 2.24) is 0 Å². The van der Waals surface area contributed by atoms with Gasteiger partial charge >= 0.3 is 5.69 Å². The number of methoxy groups -OCH3 is 1. The Bertz CT molecular complexity index is 381. The summed E-state index contributed by atoms with van der Waals surface area (Å²) in [5, 5.41) is 19.8. The number of likely N-dealkylation sites (N-methyl/N-ethyl adjacent to an activating group) is 1. The topological polar surface area (TPSA) is 75.8 Å². The first-order valence-corrected chi connectivity index (χ1v) is 4.75. The molecule has 1 aromatic carbocycles. The average molecular weight is 226 g/mol. The van der Waals surface area contributed by atoms with Gasteiger partial charge in [0.2, 0.25) is 0 Å². The summed E-state index contributed by atoms with van der Waals surface area (Å²) in [4.78, 5) is 12.1. The van der Waals surface area contributed by atoms with Crippen LogP contribution in [0.25, 0.3) is 0 Å². The number of hydrogen-bond acceptors (Lipinski definition) is 5. The zero-order chi connectivity index (χ0) is 12.1. The second-order valence-electron chi connectivity index (χ2n) is 3.23. The molecule has 88 valence electrons. The molecule has 0 amide bonds. The number of rotatable bonds is 5. The van der Waals surface area contributed by atoms with Crippen molar-refractivity contribution in [3.8, 4) is 5.75 Å². The number of nitrogens with zero attached hydrogens (tertiary/aromatic N) is 2. The summed E-state index contributed by atoms with van der Waals surface area (Å²) in [6, 6.07) is 4.83. The molecule has 0 bridgehead atoms. The third kappa shape index (κ3) is 2.40. The van der Waals surface area contributed by atoms with Gasteiger partial charge in [-0.05, 0) is 12.1 Å². The Balaban J connectivity index is 3.21. The lowest BCUT2D eigenvalue weighted by atomic mass is 10.2. The minimum atomic E-state index is -0.484. The fourth-order valence-corrected chi connectivity index (χ4v) is 1.44. The molecule has 0 unspecified atom stereocenters. The Kier molecular flexibility index (Phi) is 4.07. The molecule has 0 aliphatic carbocycles. The second-order valence-corrected chi connectivity index (χ2v) is 3.23. The van der Waals surface area contributed by atoms with Crippen molar-refractivity contribution in [3.05, 3.63) is 28.3 Å². The van der Waals surface area contributed by atoms with Gasteiger partial charge in [-0.3, -0.25) is 10.1 Å². The normalized spacial score (nSPS) is 9.94. The lowest BCUT2D eigenvalue weighted by molar-refractivity contribution is -0.385. The molecule has 0 aliphatic rings. The van der Waals surface area contributed by atoms with E-state index in [-0.39, 0.29) is 18.0 Å². The largest absolute Gasteiger partial charge is 0.490 e. The number of aliphatic hydroxyl groups excluding tert-OH is 1. The predicted molar refractivity (Wildman–Crippen MR) is 60.0 cm³/mol. The molecule has 1 N–H and O–H groups in total. The monoisotopic (exact) mass is 226 g/mol. The van der Waals surface area contributed by atoms with Gasteiger partial charge in [0.05, 0.1) is 18.6 Å². The van der Waals surface area contributed by atoms with Gasteiger partial charge in [0.1, 0.15) is 5.69 Å². The van der Waals surface area contributed by atoms with Gasteiger partial charge in [0.15, 0.2) is 5.75 Å². The van der Waals surface area contributed by atoms with E-state index in [9.17, 15) is 10.1 Å². The first-order valence-electron chi connectivity index (χ1n) is 4.75. The standard InChI is InChI=1S/C10H14N2O4/c1-11(6-7-13)8-4-3-5-9(16-2)10(8)12(14)15/h3-5,13H,6-7H2,1-2H3. The zero-order valence-corrected chi connectivity index (χ0v) is 9.21. The van der Waals surface area contributed by atoms with E-state index in [0.29, 0.717) is 12.2 Å². The van der Waals surface area contributed by atoms with Crippen LogP contribution in [0.5, 0.6) is 5.75 Å². The van der Waals surface area contributed by atoms with Crippen LogP contribution in [0.3, 0.4) is 0 Å². The van der Waals surface area contributed by atoms with Crippen LogP contribution >= 0.6 is 0 Å². The maximum atomic E-state index is 10.9. The molecule has 0 radical (unpaired) electrons. The summed E-state index contributed by atoms with van der Waals surface area (Å²) in [7, 11) is 3.07.